The Morgan fingerprint density at radius 3 is 2.43 bits per heavy atom. The van der Waals surface area contributed by atoms with Crippen LogP contribution in [0.25, 0.3) is 0 Å². The summed E-state index contributed by atoms with van der Waals surface area (Å²) in [6, 6.07) is -0.0417. The molecule has 42 valence electrons. The van der Waals surface area contributed by atoms with Crippen molar-refractivity contribution in [3.8, 4) is 0 Å². The molecule has 0 aromatic rings. The lowest BCUT2D eigenvalue weighted by Crippen LogP contribution is -2.32. The molecule has 3 heteroatoms. The molecule has 0 amide bonds. The fraction of sp³-hybridized carbons (Fsp3) is 1.00. The number of rotatable bonds is 0. The summed E-state index contributed by atoms with van der Waals surface area (Å²) in [4.78, 5) is 0. The van der Waals surface area contributed by atoms with Gasteiger partial charge in [-0.15, -0.1) is 0 Å². The minimum atomic E-state index is -0.319. The zero-order valence-corrected chi connectivity index (χ0v) is 4.09. The van der Waals surface area contributed by atoms with E-state index in [1.807, 2.05) is 0 Å². The second-order valence-corrected chi connectivity index (χ2v) is 1.89. The van der Waals surface area contributed by atoms with Gasteiger partial charge in [-0.05, 0) is 0 Å². The summed E-state index contributed by atoms with van der Waals surface area (Å²) in [6.45, 7) is 1.41. The Hall–Kier alpha value is -0.120. The molecule has 7 heavy (non-hydrogen) atoms. The number of aliphatic hydroxyl groups is 1. The maximum Gasteiger partial charge on any atom is 0.0827 e. The highest BCUT2D eigenvalue weighted by Crippen LogP contribution is 1.93. The highest BCUT2D eigenvalue weighted by atomic mass is 16.3. The van der Waals surface area contributed by atoms with Gasteiger partial charge in [0.2, 0.25) is 0 Å². The lowest BCUT2D eigenvalue weighted by molar-refractivity contribution is 0.179. The monoisotopic (exact) mass is 102 g/mol. The number of β-amino-alcohol motifs (C(OH)–C–C–N with tert-alkyl or cyclic N) is 1. The molecular formula is C4H10N2O. The lowest BCUT2D eigenvalue weighted by atomic mass is 10.2. The maximum atomic E-state index is 8.81. The van der Waals surface area contributed by atoms with Gasteiger partial charge >= 0.3 is 0 Å². The van der Waals surface area contributed by atoms with Crippen LogP contribution in [0.1, 0.15) is 0 Å². The largest absolute Gasteiger partial charge is 0.390 e. The van der Waals surface area contributed by atoms with Crippen molar-refractivity contribution in [2.45, 2.75) is 12.1 Å². The highest BCUT2D eigenvalue weighted by Gasteiger charge is 2.19. The van der Waals surface area contributed by atoms with Gasteiger partial charge in [-0.2, -0.15) is 0 Å². The number of nitrogens with one attached hydrogen (secondary N) is 1. The van der Waals surface area contributed by atoms with E-state index in [1.165, 1.54) is 0 Å². The number of hydrogen-bond donors (Lipinski definition) is 3. The van der Waals surface area contributed by atoms with Crippen LogP contribution in [0.4, 0.5) is 0 Å². The van der Waals surface area contributed by atoms with E-state index in [0.717, 1.165) is 6.54 Å². The van der Waals surface area contributed by atoms with E-state index < -0.39 is 0 Å². The van der Waals surface area contributed by atoms with Gasteiger partial charge in [0, 0.05) is 19.1 Å². The number of aliphatic hydroxyl groups excluding tert-OH is 1. The molecule has 1 heterocycles. The fourth-order valence-electron chi connectivity index (χ4n) is 0.685. The normalized spacial score (nSPS) is 42.0. The van der Waals surface area contributed by atoms with Crippen LogP contribution in [-0.2, 0) is 0 Å². The molecule has 2 atom stereocenters. The number of nitrogens with two attached hydrogens (primary N) is 1. The van der Waals surface area contributed by atoms with E-state index in [2.05, 4.69) is 5.32 Å². The summed E-state index contributed by atoms with van der Waals surface area (Å²) in [6.07, 6.45) is -0.319. The van der Waals surface area contributed by atoms with Crippen LogP contribution in [0.3, 0.4) is 0 Å². The summed E-state index contributed by atoms with van der Waals surface area (Å²) in [5.41, 5.74) is 5.37. The van der Waals surface area contributed by atoms with Gasteiger partial charge in [0.1, 0.15) is 0 Å². The van der Waals surface area contributed by atoms with Crippen molar-refractivity contribution in [3.05, 3.63) is 0 Å². The first-order chi connectivity index (χ1) is 3.30. The molecule has 1 aliphatic rings. The Balaban J connectivity index is 2.33. The highest BCUT2D eigenvalue weighted by molar-refractivity contribution is 4.82. The van der Waals surface area contributed by atoms with Gasteiger partial charge in [0.25, 0.3) is 0 Å². The summed E-state index contributed by atoms with van der Waals surface area (Å²) >= 11 is 0. The van der Waals surface area contributed by atoms with Crippen molar-refractivity contribution in [1.82, 2.24) is 5.32 Å². The molecule has 1 aliphatic heterocycles. The molecule has 3 nitrogen and oxygen atoms in total. The molecular weight excluding hydrogens is 92.1 g/mol. The van der Waals surface area contributed by atoms with Crippen LogP contribution in [0.2, 0.25) is 0 Å². The van der Waals surface area contributed by atoms with Crippen LogP contribution in [0.5, 0.6) is 0 Å². The lowest BCUT2D eigenvalue weighted by Gasteiger charge is -2.02. The van der Waals surface area contributed by atoms with Gasteiger partial charge in [-0.25, -0.2) is 0 Å². The Labute approximate surface area is 42.5 Å². The van der Waals surface area contributed by atoms with E-state index in [0.29, 0.717) is 6.54 Å². The van der Waals surface area contributed by atoms with Crippen molar-refractivity contribution in [3.63, 3.8) is 0 Å². The van der Waals surface area contributed by atoms with Crippen LogP contribution in [0, 0.1) is 0 Å². The molecule has 0 bridgehead atoms. The Bertz CT molecular complexity index is 58.7. The van der Waals surface area contributed by atoms with Gasteiger partial charge < -0.3 is 16.2 Å². The molecule has 0 aromatic carbocycles. The van der Waals surface area contributed by atoms with Crippen LogP contribution < -0.4 is 11.1 Å². The van der Waals surface area contributed by atoms with Gasteiger partial charge in [-0.3, -0.25) is 0 Å². The van der Waals surface area contributed by atoms with Crippen LogP contribution in [0.15, 0.2) is 0 Å². The molecule has 4 N–H and O–H groups in total. The van der Waals surface area contributed by atoms with Gasteiger partial charge in [0.05, 0.1) is 6.10 Å². The summed E-state index contributed by atoms with van der Waals surface area (Å²) in [5, 5.41) is 11.8. The first-order valence-corrected chi connectivity index (χ1v) is 2.45. The summed E-state index contributed by atoms with van der Waals surface area (Å²) in [5.74, 6) is 0. The quantitative estimate of drug-likeness (QED) is 0.341. The summed E-state index contributed by atoms with van der Waals surface area (Å²) in [7, 11) is 0. The zero-order chi connectivity index (χ0) is 5.28. The predicted molar refractivity (Wildman–Crippen MR) is 26.9 cm³/mol. The van der Waals surface area contributed by atoms with Crippen molar-refractivity contribution >= 4 is 0 Å². The van der Waals surface area contributed by atoms with Crippen molar-refractivity contribution in [1.29, 1.82) is 0 Å². The third-order valence-corrected chi connectivity index (χ3v) is 1.23. The predicted octanol–water partition coefficient (Wildman–Crippen LogP) is -1.72. The second-order valence-electron chi connectivity index (χ2n) is 1.89. The fourth-order valence-corrected chi connectivity index (χ4v) is 0.685. The second kappa shape index (κ2) is 1.78. The SMILES string of the molecule is NC1CNCC1O. The van der Waals surface area contributed by atoms with Crippen molar-refractivity contribution < 1.29 is 5.11 Å². The van der Waals surface area contributed by atoms with Crippen molar-refractivity contribution in [2.24, 2.45) is 5.73 Å². The third-order valence-electron chi connectivity index (χ3n) is 1.23. The summed E-state index contributed by atoms with van der Waals surface area (Å²) < 4.78 is 0. The molecule has 0 radical (unpaired) electrons. The van der Waals surface area contributed by atoms with Crippen LogP contribution >= 0.6 is 0 Å². The zero-order valence-electron chi connectivity index (χ0n) is 4.09. The average Bonchev–Trinajstić information content (AvgIpc) is 1.91. The molecule has 1 saturated heterocycles. The first-order valence-electron chi connectivity index (χ1n) is 2.45. The Morgan fingerprint density at radius 2 is 2.29 bits per heavy atom. The van der Waals surface area contributed by atoms with Crippen LogP contribution in [-0.4, -0.2) is 30.3 Å². The molecule has 0 aliphatic carbocycles. The molecule has 0 aromatic heterocycles. The minimum absolute atomic E-state index is 0.0417. The topological polar surface area (TPSA) is 58.3 Å². The molecule has 0 saturated carbocycles. The molecule has 1 rings (SSSR count). The van der Waals surface area contributed by atoms with Gasteiger partial charge in [-0.1, -0.05) is 0 Å². The van der Waals surface area contributed by atoms with E-state index in [9.17, 15) is 0 Å². The third kappa shape index (κ3) is 0.907. The first kappa shape index (κ1) is 5.03. The Morgan fingerprint density at radius 1 is 1.57 bits per heavy atom. The van der Waals surface area contributed by atoms with E-state index in [1.54, 1.807) is 0 Å². The van der Waals surface area contributed by atoms with E-state index >= 15 is 0 Å². The molecule has 0 spiro atoms. The van der Waals surface area contributed by atoms with E-state index in [-0.39, 0.29) is 12.1 Å². The molecule has 2 unspecified atom stereocenters. The molecule has 1 fully saturated rings. The van der Waals surface area contributed by atoms with E-state index in [4.69, 9.17) is 10.8 Å². The van der Waals surface area contributed by atoms with Gasteiger partial charge in [0.15, 0.2) is 0 Å². The standard InChI is InChI=1S/C4H10N2O/c5-3-1-6-2-4(3)7/h3-4,6-7H,1-2,5H2. The average molecular weight is 102 g/mol. The van der Waals surface area contributed by atoms with Crippen molar-refractivity contribution in [2.75, 3.05) is 13.1 Å². The maximum absolute atomic E-state index is 8.81. The Kier molecular flexibility index (Phi) is 1.27. The smallest absolute Gasteiger partial charge is 0.0827 e. The number of hydrogen-bond acceptors (Lipinski definition) is 3. The minimum Gasteiger partial charge on any atom is -0.390 e.